The Bertz CT molecular complexity index is 1810. The molecule has 0 aliphatic heterocycles. The molecule has 8 rings (SSSR count). The van der Waals surface area contributed by atoms with E-state index in [1.54, 1.807) is 0 Å². The van der Waals surface area contributed by atoms with E-state index in [0.717, 1.165) is 6.42 Å². The van der Waals surface area contributed by atoms with E-state index in [4.69, 9.17) is 0 Å². The SMILES string of the molecule is c1ccc(C2c3ccccc3-c3ccc(-c4ccc5c6c(cccc46)-c4ccccc4C5)cc32)cc1. The maximum Gasteiger partial charge on any atom is 0.0352 e. The van der Waals surface area contributed by atoms with Crippen molar-refractivity contribution < 1.29 is 0 Å². The van der Waals surface area contributed by atoms with Crippen LogP contribution in [-0.4, -0.2) is 0 Å². The van der Waals surface area contributed by atoms with Crippen LogP contribution in [0.15, 0.2) is 127 Å². The van der Waals surface area contributed by atoms with Crippen LogP contribution in [0.25, 0.3) is 44.2 Å². The monoisotopic (exact) mass is 456 g/mol. The lowest BCUT2D eigenvalue weighted by Crippen LogP contribution is -2.02. The molecule has 0 saturated carbocycles. The molecule has 0 aromatic heterocycles. The van der Waals surface area contributed by atoms with Crippen molar-refractivity contribution in [3.8, 4) is 33.4 Å². The van der Waals surface area contributed by atoms with Crippen LogP contribution in [-0.2, 0) is 6.42 Å². The van der Waals surface area contributed by atoms with E-state index in [9.17, 15) is 0 Å². The number of hydrogen-bond donors (Lipinski definition) is 0. The second-order valence-corrected chi connectivity index (χ2v) is 10.1. The highest BCUT2D eigenvalue weighted by atomic mass is 14.3. The largest absolute Gasteiger partial charge is 0.0622 e. The molecule has 0 saturated heterocycles. The first-order valence-corrected chi connectivity index (χ1v) is 12.8. The number of hydrogen-bond acceptors (Lipinski definition) is 0. The van der Waals surface area contributed by atoms with Crippen LogP contribution in [0, 0.1) is 0 Å². The van der Waals surface area contributed by atoms with Gasteiger partial charge < -0.3 is 0 Å². The van der Waals surface area contributed by atoms with Crippen molar-refractivity contribution in [3.63, 3.8) is 0 Å². The smallest absolute Gasteiger partial charge is 0.0352 e. The van der Waals surface area contributed by atoms with Gasteiger partial charge in [-0.15, -0.1) is 0 Å². The maximum absolute atomic E-state index is 2.45. The first-order valence-electron chi connectivity index (χ1n) is 12.8. The lowest BCUT2D eigenvalue weighted by molar-refractivity contribution is 1.02. The van der Waals surface area contributed by atoms with Gasteiger partial charge in [0.15, 0.2) is 0 Å². The number of benzene rings is 6. The van der Waals surface area contributed by atoms with Gasteiger partial charge in [-0.1, -0.05) is 121 Å². The molecule has 0 amide bonds. The van der Waals surface area contributed by atoms with Gasteiger partial charge in [-0.2, -0.15) is 0 Å². The van der Waals surface area contributed by atoms with E-state index in [2.05, 4.69) is 127 Å². The molecule has 0 heterocycles. The highest BCUT2D eigenvalue weighted by molar-refractivity contribution is 6.08. The van der Waals surface area contributed by atoms with E-state index < -0.39 is 0 Å². The summed E-state index contributed by atoms with van der Waals surface area (Å²) in [6.07, 6.45) is 1.000. The average molecular weight is 457 g/mol. The Morgan fingerprint density at radius 2 is 1.17 bits per heavy atom. The highest BCUT2D eigenvalue weighted by Crippen LogP contribution is 2.50. The van der Waals surface area contributed by atoms with Crippen LogP contribution < -0.4 is 0 Å². The molecule has 0 fully saturated rings. The summed E-state index contributed by atoms with van der Waals surface area (Å²) in [5, 5.41) is 2.77. The third-order valence-corrected chi connectivity index (χ3v) is 8.18. The minimum Gasteiger partial charge on any atom is -0.0622 e. The van der Waals surface area contributed by atoms with Gasteiger partial charge in [0.2, 0.25) is 0 Å². The Balaban J connectivity index is 1.35. The van der Waals surface area contributed by atoms with Crippen LogP contribution in [0.4, 0.5) is 0 Å². The van der Waals surface area contributed by atoms with E-state index >= 15 is 0 Å². The maximum atomic E-state index is 2.45. The molecule has 6 aromatic rings. The Morgan fingerprint density at radius 1 is 0.444 bits per heavy atom. The van der Waals surface area contributed by atoms with Gasteiger partial charge in [0.1, 0.15) is 0 Å². The van der Waals surface area contributed by atoms with Crippen molar-refractivity contribution >= 4 is 10.8 Å². The topological polar surface area (TPSA) is 0 Å². The lowest BCUT2D eigenvalue weighted by Gasteiger charge is -2.22. The molecule has 0 N–H and O–H groups in total. The van der Waals surface area contributed by atoms with Crippen molar-refractivity contribution in [1.82, 2.24) is 0 Å². The van der Waals surface area contributed by atoms with Crippen molar-refractivity contribution in [2.24, 2.45) is 0 Å². The fourth-order valence-corrected chi connectivity index (χ4v) is 6.63. The highest BCUT2D eigenvalue weighted by Gasteiger charge is 2.30. The van der Waals surface area contributed by atoms with Crippen LogP contribution in [0.1, 0.15) is 33.7 Å². The standard InChI is InChI=1S/C36H24/c1-2-9-23(10-3-1)35-33-14-7-6-13-29(33)30-20-17-25(22-34(30)35)28-19-18-26-21-24-11-4-5-12-27(24)31-15-8-16-32(28)36(26)31/h1-20,22,35H,21H2. The quantitative estimate of drug-likeness (QED) is 0.243. The summed E-state index contributed by atoms with van der Waals surface area (Å²) in [5.74, 6) is 0.268. The fourth-order valence-electron chi connectivity index (χ4n) is 6.63. The molecule has 0 radical (unpaired) electrons. The molecule has 2 aliphatic carbocycles. The minimum absolute atomic E-state index is 0.268. The van der Waals surface area contributed by atoms with Gasteiger partial charge in [-0.05, 0) is 84.5 Å². The van der Waals surface area contributed by atoms with Crippen LogP contribution in [0.5, 0.6) is 0 Å². The molecule has 6 aromatic carbocycles. The van der Waals surface area contributed by atoms with Gasteiger partial charge in [0.25, 0.3) is 0 Å². The third kappa shape index (κ3) is 2.76. The van der Waals surface area contributed by atoms with Crippen molar-refractivity contribution in [2.45, 2.75) is 12.3 Å². The zero-order valence-electron chi connectivity index (χ0n) is 19.9. The second-order valence-electron chi connectivity index (χ2n) is 10.1. The number of rotatable bonds is 2. The Morgan fingerprint density at radius 3 is 2.08 bits per heavy atom. The van der Waals surface area contributed by atoms with Crippen LogP contribution >= 0.6 is 0 Å². The lowest BCUT2D eigenvalue weighted by atomic mass is 9.81. The normalized spacial score (nSPS) is 14.8. The Labute approximate surface area is 211 Å². The van der Waals surface area contributed by atoms with Crippen molar-refractivity contribution in [2.75, 3.05) is 0 Å². The van der Waals surface area contributed by atoms with Crippen LogP contribution in [0.2, 0.25) is 0 Å². The van der Waals surface area contributed by atoms with Gasteiger partial charge in [-0.3, -0.25) is 0 Å². The van der Waals surface area contributed by atoms with E-state index in [1.165, 1.54) is 72.0 Å². The molecule has 0 spiro atoms. The fraction of sp³-hybridized carbons (Fsp3) is 0.0556. The summed E-state index contributed by atoms with van der Waals surface area (Å²) in [6.45, 7) is 0. The first kappa shape index (κ1) is 19.8. The predicted octanol–water partition coefficient (Wildman–Crippen LogP) is 9.24. The molecule has 1 atom stereocenters. The van der Waals surface area contributed by atoms with Gasteiger partial charge in [0.05, 0.1) is 0 Å². The second kappa shape index (κ2) is 7.54. The molecule has 0 bridgehead atoms. The summed E-state index contributed by atoms with van der Waals surface area (Å²) in [5.41, 5.74) is 15.1. The third-order valence-electron chi connectivity index (χ3n) is 8.18. The molecule has 36 heavy (non-hydrogen) atoms. The molecule has 0 nitrogen and oxygen atoms in total. The van der Waals surface area contributed by atoms with Crippen molar-refractivity contribution in [1.29, 1.82) is 0 Å². The minimum atomic E-state index is 0.268. The summed E-state index contributed by atoms with van der Waals surface area (Å²) in [6, 6.07) is 47.4. The summed E-state index contributed by atoms with van der Waals surface area (Å²) < 4.78 is 0. The van der Waals surface area contributed by atoms with E-state index in [-0.39, 0.29) is 5.92 Å². The van der Waals surface area contributed by atoms with E-state index in [0.29, 0.717) is 0 Å². The van der Waals surface area contributed by atoms with Crippen LogP contribution in [0.3, 0.4) is 0 Å². The summed E-state index contributed by atoms with van der Waals surface area (Å²) in [4.78, 5) is 0. The molecule has 168 valence electrons. The van der Waals surface area contributed by atoms with Gasteiger partial charge in [-0.25, -0.2) is 0 Å². The van der Waals surface area contributed by atoms with E-state index in [1.807, 2.05) is 0 Å². The zero-order chi connectivity index (χ0) is 23.6. The molecular weight excluding hydrogens is 432 g/mol. The van der Waals surface area contributed by atoms with Gasteiger partial charge >= 0.3 is 0 Å². The predicted molar refractivity (Wildman–Crippen MR) is 150 cm³/mol. The summed E-state index contributed by atoms with van der Waals surface area (Å²) >= 11 is 0. The van der Waals surface area contributed by atoms with Gasteiger partial charge in [0, 0.05) is 5.92 Å². The molecule has 1 unspecified atom stereocenters. The molecular formula is C36H24. The first-order chi connectivity index (χ1) is 17.9. The zero-order valence-corrected chi connectivity index (χ0v) is 19.9. The number of fused-ring (bicyclic) bond motifs is 5. The Kier molecular flexibility index (Phi) is 4.15. The summed E-state index contributed by atoms with van der Waals surface area (Å²) in [7, 11) is 0. The molecule has 2 aliphatic rings. The average Bonchev–Trinajstić information content (AvgIpc) is 3.27. The Hall–Kier alpha value is -4.42. The molecule has 0 heteroatoms. The van der Waals surface area contributed by atoms with Crippen molar-refractivity contribution in [3.05, 3.63) is 155 Å².